The van der Waals surface area contributed by atoms with E-state index in [1.165, 1.54) is 11.0 Å². The van der Waals surface area contributed by atoms with Gasteiger partial charge >= 0.3 is 0 Å². The smallest absolute Gasteiger partial charge is 0.292 e. The van der Waals surface area contributed by atoms with Gasteiger partial charge < -0.3 is 4.90 Å². The number of anilines is 1. The summed E-state index contributed by atoms with van der Waals surface area (Å²) in [6, 6.07) is 14.9. The highest BCUT2D eigenvalue weighted by atomic mass is 16.6. The first-order valence-electron chi connectivity index (χ1n) is 8.46. The zero-order chi connectivity index (χ0) is 18.3. The van der Waals surface area contributed by atoms with Gasteiger partial charge in [-0.1, -0.05) is 42.5 Å². The first-order valence-corrected chi connectivity index (χ1v) is 8.46. The molecule has 2 amide bonds. The van der Waals surface area contributed by atoms with Crippen molar-refractivity contribution in [2.24, 2.45) is 0 Å². The predicted octanol–water partition coefficient (Wildman–Crippen LogP) is 2.15. The van der Waals surface area contributed by atoms with E-state index in [9.17, 15) is 19.7 Å². The van der Waals surface area contributed by atoms with Crippen molar-refractivity contribution in [2.75, 3.05) is 11.4 Å². The first-order chi connectivity index (χ1) is 12.6. The lowest BCUT2D eigenvalue weighted by Gasteiger charge is -2.33. The molecule has 2 aliphatic heterocycles. The van der Waals surface area contributed by atoms with Crippen LogP contribution in [-0.2, 0) is 16.0 Å². The summed E-state index contributed by atoms with van der Waals surface area (Å²) < 4.78 is 0. The van der Waals surface area contributed by atoms with E-state index < -0.39 is 11.0 Å². The van der Waals surface area contributed by atoms with E-state index in [4.69, 9.17) is 0 Å². The van der Waals surface area contributed by atoms with Gasteiger partial charge in [-0.15, -0.1) is 0 Å². The first kappa shape index (κ1) is 16.3. The third-order valence-electron chi connectivity index (χ3n) is 5.02. The molecule has 0 aromatic heterocycles. The molecular formula is C19H17N3O4. The summed E-state index contributed by atoms with van der Waals surface area (Å²) >= 11 is 0. The third kappa shape index (κ3) is 2.61. The van der Waals surface area contributed by atoms with Gasteiger partial charge in [0.05, 0.1) is 17.4 Å². The molecule has 7 heteroatoms. The van der Waals surface area contributed by atoms with Gasteiger partial charge in [0.15, 0.2) is 0 Å². The van der Waals surface area contributed by atoms with Crippen LogP contribution in [0.3, 0.4) is 0 Å². The summed E-state index contributed by atoms with van der Waals surface area (Å²) in [6.45, 7) is 0.411. The van der Waals surface area contributed by atoms with E-state index in [0.717, 1.165) is 5.56 Å². The van der Waals surface area contributed by atoms with E-state index >= 15 is 0 Å². The van der Waals surface area contributed by atoms with Crippen LogP contribution in [0, 0.1) is 10.1 Å². The second-order valence-corrected chi connectivity index (χ2v) is 6.57. The number of carbonyl (C=O) groups is 2. The molecule has 2 heterocycles. The molecule has 0 saturated carbocycles. The lowest BCUT2D eigenvalue weighted by molar-refractivity contribution is -0.384. The summed E-state index contributed by atoms with van der Waals surface area (Å²) in [5, 5.41) is 11.3. The molecule has 2 atom stereocenters. The monoisotopic (exact) mass is 351 g/mol. The average Bonchev–Trinajstić information content (AvgIpc) is 3.21. The second-order valence-electron chi connectivity index (χ2n) is 6.57. The quantitative estimate of drug-likeness (QED) is 0.624. The van der Waals surface area contributed by atoms with Crippen LogP contribution in [0.1, 0.15) is 12.0 Å². The maximum absolute atomic E-state index is 12.8. The highest BCUT2D eigenvalue weighted by molar-refractivity contribution is 6.05. The van der Waals surface area contributed by atoms with Crippen LogP contribution in [0.4, 0.5) is 11.4 Å². The highest BCUT2D eigenvalue weighted by Gasteiger charge is 2.52. The predicted molar refractivity (Wildman–Crippen MR) is 94.6 cm³/mol. The van der Waals surface area contributed by atoms with Crippen molar-refractivity contribution in [3.63, 3.8) is 0 Å². The number of fused-ring (bicyclic) bond motifs is 2. The van der Waals surface area contributed by atoms with Crippen LogP contribution in [0.25, 0.3) is 0 Å². The van der Waals surface area contributed by atoms with E-state index in [-0.39, 0.29) is 30.0 Å². The van der Waals surface area contributed by atoms with Crippen molar-refractivity contribution in [1.82, 2.24) is 4.90 Å². The minimum absolute atomic E-state index is 0.0840. The average molecular weight is 351 g/mol. The van der Waals surface area contributed by atoms with Crippen LogP contribution < -0.4 is 4.90 Å². The number of nitro groups is 1. The number of nitrogens with zero attached hydrogens (tertiary/aromatic N) is 3. The Balaban J connectivity index is 1.54. The normalized spacial score (nSPS) is 21.3. The van der Waals surface area contributed by atoms with E-state index in [1.54, 1.807) is 23.1 Å². The number of nitro benzene ring substituents is 1. The number of amides is 2. The number of piperazine rings is 1. The zero-order valence-corrected chi connectivity index (χ0v) is 13.9. The number of carbonyl (C=O) groups excluding carboxylic acids is 2. The van der Waals surface area contributed by atoms with Crippen molar-refractivity contribution in [3.05, 3.63) is 70.3 Å². The molecule has 0 N–H and O–H groups in total. The van der Waals surface area contributed by atoms with Gasteiger partial charge in [0.1, 0.15) is 11.7 Å². The fourth-order valence-corrected chi connectivity index (χ4v) is 3.86. The molecule has 0 radical (unpaired) electrons. The fraction of sp³-hybridized carbons (Fsp3) is 0.263. The maximum atomic E-state index is 12.8. The topological polar surface area (TPSA) is 83.8 Å². The maximum Gasteiger partial charge on any atom is 0.292 e. The Morgan fingerprint density at radius 2 is 1.81 bits per heavy atom. The molecule has 2 fully saturated rings. The van der Waals surface area contributed by atoms with Gasteiger partial charge in [0, 0.05) is 12.6 Å². The molecule has 26 heavy (non-hydrogen) atoms. The Bertz CT molecular complexity index is 883. The van der Waals surface area contributed by atoms with Crippen molar-refractivity contribution in [1.29, 1.82) is 0 Å². The molecule has 132 valence electrons. The van der Waals surface area contributed by atoms with E-state index in [1.807, 2.05) is 30.3 Å². The minimum Gasteiger partial charge on any atom is -0.328 e. The molecule has 2 unspecified atom stereocenters. The number of likely N-dealkylation sites (tertiary alicyclic amines) is 1. The molecule has 7 nitrogen and oxygen atoms in total. The SMILES string of the molecule is O=C(Cc1ccccc1)N1CC2CC1C(=O)N2c1ccccc1[N+](=O)[O-]. The third-order valence-corrected chi connectivity index (χ3v) is 5.02. The Morgan fingerprint density at radius 1 is 1.12 bits per heavy atom. The summed E-state index contributed by atoms with van der Waals surface area (Å²) in [5.74, 6) is -0.323. The largest absolute Gasteiger partial charge is 0.328 e. The number of rotatable bonds is 4. The van der Waals surface area contributed by atoms with Gasteiger partial charge in [0.2, 0.25) is 11.8 Å². The number of hydrogen-bond donors (Lipinski definition) is 0. The summed E-state index contributed by atoms with van der Waals surface area (Å²) in [6.07, 6.45) is 0.772. The molecule has 0 spiro atoms. The molecule has 4 rings (SSSR count). The highest BCUT2D eigenvalue weighted by Crippen LogP contribution is 2.39. The number of benzene rings is 2. The molecule has 2 aromatic rings. The number of hydrogen-bond acceptors (Lipinski definition) is 4. The Hall–Kier alpha value is -3.22. The molecule has 2 bridgehead atoms. The Labute approximate surface area is 150 Å². The molecule has 0 aliphatic carbocycles. The summed E-state index contributed by atoms with van der Waals surface area (Å²) in [7, 11) is 0. The molecular weight excluding hydrogens is 334 g/mol. The second kappa shape index (κ2) is 6.25. The van der Waals surface area contributed by atoms with Crippen molar-refractivity contribution in [2.45, 2.75) is 24.9 Å². The lowest BCUT2D eigenvalue weighted by Crippen LogP contribution is -2.53. The van der Waals surface area contributed by atoms with E-state index in [2.05, 4.69) is 0 Å². The van der Waals surface area contributed by atoms with Gasteiger partial charge in [0.25, 0.3) is 5.69 Å². The van der Waals surface area contributed by atoms with Crippen molar-refractivity contribution < 1.29 is 14.5 Å². The van der Waals surface area contributed by atoms with Gasteiger partial charge in [-0.25, -0.2) is 0 Å². The Kier molecular flexibility index (Phi) is 3.91. The molecule has 2 aromatic carbocycles. The van der Waals surface area contributed by atoms with Gasteiger partial charge in [-0.3, -0.25) is 24.6 Å². The lowest BCUT2D eigenvalue weighted by atomic mass is 10.1. The van der Waals surface area contributed by atoms with Crippen molar-refractivity contribution in [3.8, 4) is 0 Å². The van der Waals surface area contributed by atoms with Crippen LogP contribution >= 0.6 is 0 Å². The number of para-hydroxylation sites is 2. The van der Waals surface area contributed by atoms with Crippen LogP contribution in [0.2, 0.25) is 0 Å². The standard InChI is InChI=1S/C19H17N3O4/c23-18(10-13-6-2-1-3-7-13)20-12-14-11-17(20)19(24)21(14)15-8-4-5-9-16(15)22(25)26/h1-9,14,17H,10-12H2. The molecule has 2 aliphatic rings. The fourth-order valence-electron chi connectivity index (χ4n) is 3.86. The molecule has 2 saturated heterocycles. The van der Waals surface area contributed by atoms with Crippen LogP contribution in [0.5, 0.6) is 0 Å². The van der Waals surface area contributed by atoms with Crippen LogP contribution in [-0.4, -0.2) is 40.3 Å². The van der Waals surface area contributed by atoms with Crippen LogP contribution in [0.15, 0.2) is 54.6 Å². The van der Waals surface area contributed by atoms with E-state index in [0.29, 0.717) is 18.7 Å². The van der Waals surface area contributed by atoms with Gasteiger partial charge in [-0.2, -0.15) is 0 Å². The summed E-state index contributed by atoms with van der Waals surface area (Å²) in [5.41, 5.74) is 1.13. The van der Waals surface area contributed by atoms with Gasteiger partial charge in [-0.05, 0) is 18.1 Å². The summed E-state index contributed by atoms with van der Waals surface area (Å²) in [4.78, 5) is 39.3. The minimum atomic E-state index is -0.531. The zero-order valence-electron chi connectivity index (χ0n) is 13.9. The Morgan fingerprint density at radius 3 is 2.50 bits per heavy atom. The van der Waals surface area contributed by atoms with Crippen molar-refractivity contribution >= 4 is 23.2 Å².